The molecule has 0 atom stereocenters. The normalized spacial score (nSPS) is 18.1. The van der Waals surface area contributed by atoms with E-state index in [-0.39, 0.29) is 11.1 Å². The molecule has 0 bridgehead atoms. The van der Waals surface area contributed by atoms with Crippen LogP contribution in [0.3, 0.4) is 0 Å². The zero-order valence-corrected chi connectivity index (χ0v) is 17.9. The van der Waals surface area contributed by atoms with Gasteiger partial charge in [0.15, 0.2) is 5.41 Å². The third-order valence-corrected chi connectivity index (χ3v) is 6.66. The second-order valence-corrected chi connectivity index (χ2v) is 8.67. The smallest absolute Gasteiger partial charge is 0.170 e. The van der Waals surface area contributed by atoms with Crippen LogP contribution in [-0.4, -0.2) is 12.4 Å². The molecule has 2 aromatic rings. The molecule has 1 saturated carbocycles. The lowest BCUT2D eigenvalue weighted by molar-refractivity contribution is -0.350. The summed E-state index contributed by atoms with van der Waals surface area (Å²) in [7, 11) is 0. The van der Waals surface area contributed by atoms with Gasteiger partial charge in [0.2, 0.25) is 0 Å². The Bertz CT molecular complexity index is 993. The summed E-state index contributed by atoms with van der Waals surface area (Å²) in [5.41, 5.74) is -7.75. The van der Waals surface area contributed by atoms with Gasteiger partial charge in [-0.2, -0.15) is 52.7 Å². The van der Waals surface area contributed by atoms with E-state index in [9.17, 15) is 52.7 Å². The average Bonchev–Trinajstić information content (AvgIpc) is 2.71. The summed E-state index contributed by atoms with van der Waals surface area (Å²) in [5.74, 6) is -0.670. The van der Waals surface area contributed by atoms with E-state index in [1.54, 1.807) is 0 Å². The van der Waals surface area contributed by atoms with Crippen molar-refractivity contribution in [2.24, 2.45) is 5.41 Å². The molecule has 0 radical (unpaired) electrons. The summed E-state index contributed by atoms with van der Waals surface area (Å²) in [5, 5.41) is 0. The molecule has 0 nitrogen and oxygen atoms in total. The van der Waals surface area contributed by atoms with Gasteiger partial charge in [0.25, 0.3) is 0 Å². The first kappa shape index (κ1) is 27.2. The quantitative estimate of drug-likeness (QED) is 0.345. The van der Waals surface area contributed by atoms with Crippen LogP contribution < -0.4 is 0 Å². The minimum atomic E-state index is -5.47. The van der Waals surface area contributed by atoms with Crippen LogP contribution in [0, 0.1) is 12.3 Å². The Balaban J connectivity index is 1.91. The maximum absolute atomic E-state index is 13.3. The standard InChI is InChI=1S/C23H18F12/c1-12-17(20(24,25)26)10-16(11-18(12)21(27,28)29)14-4-2-13(3-5-14)15-6-8-19(9-7-15,22(30,31)32)23(33,34)35/h2-5,10-11,15H,6-9H2,1H3. The lowest BCUT2D eigenvalue weighted by atomic mass is 9.68. The maximum Gasteiger partial charge on any atom is 0.416 e. The fourth-order valence-corrected chi connectivity index (χ4v) is 4.59. The van der Waals surface area contributed by atoms with Crippen LogP contribution >= 0.6 is 0 Å². The Labute approximate surface area is 191 Å². The molecule has 0 aromatic heterocycles. The van der Waals surface area contributed by atoms with E-state index in [2.05, 4.69) is 0 Å². The van der Waals surface area contributed by atoms with Crippen LogP contribution in [0.25, 0.3) is 11.1 Å². The highest BCUT2D eigenvalue weighted by atomic mass is 19.4. The van der Waals surface area contributed by atoms with Crippen LogP contribution in [0.4, 0.5) is 52.7 Å². The van der Waals surface area contributed by atoms with E-state index in [0.717, 1.165) is 0 Å². The minimum absolute atomic E-state index is 0.0134. The van der Waals surface area contributed by atoms with Gasteiger partial charge >= 0.3 is 24.7 Å². The third-order valence-electron chi connectivity index (χ3n) is 6.66. The monoisotopic (exact) mass is 522 g/mol. The van der Waals surface area contributed by atoms with E-state index in [0.29, 0.717) is 24.6 Å². The largest absolute Gasteiger partial charge is 0.416 e. The lowest BCUT2D eigenvalue weighted by Crippen LogP contribution is -2.51. The van der Waals surface area contributed by atoms with E-state index >= 15 is 0 Å². The number of alkyl halides is 12. The molecule has 0 N–H and O–H groups in total. The fraction of sp³-hybridized carbons (Fsp3) is 0.478. The summed E-state index contributed by atoms with van der Waals surface area (Å²) < 4.78 is 159. The molecule has 0 amide bonds. The molecule has 0 heterocycles. The molecular formula is C23H18F12. The van der Waals surface area contributed by atoms with Gasteiger partial charge in [-0.1, -0.05) is 24.3 Å². The van der Waals surface area contributed by atoms with E-state index in [1.807, 2.05) is 0 Å². The number of hydrogen-bond donors (Lipinski definition) is 0. The number of benzene rings is 2. The molecular weight excluding hydrogens is 504 g/mol. The summed E-state index contributed by atoms with van der Waals surface area (Å²) in [6.07, 6.45) is -24.3. The molecule has 1 aliphatic carbocycles. The van der Waals surface area contributed by atoms with Crippen molar-refractivity contribution in [2.75, 3.05) is 0 Å². The van der Waals surface area contributed by atoms with Gasteiger partial charge in [-0.05, 0) is 72.9 Å². The van der Waals surface area contributed by atoms with Crippen molar-refractivity contribution in [3.05, 3.63) is 58.7 Å². The van der Waals surface area contributed by atoms with Gasteiger partial charge in [0.1, 0.15) is 0 Å². The molecule has 0 spiro atoms. The molecule has 0 unspecified atom stereocenters. The first-order valence-electron chi connectivity index (χ1n) is 10.3. The van der Waals surface area contributed by atoms with Crippen LogP contribution in [0.1, 0.15) is 53.9 Å². The first-order chi connectivity index (χ1) is 15.8. The molecule has 0 aliphatic heterocycles. The number of rotatable bonds is 2. The van der Waals surface area contributed by atoms with Crippen molar-refractivity contribution >= 4 is 0 Å². The molecule has 2 aromatic carbocycles. The molecule has 3 rings (SSSR count). The molecule has 0 saturated heterocycles. The Morgan fingerprint density at radius 3 is 1.37 bits per heavy atom. The summed E-state index contributed by atoms with van der Waals surface area (Å²) >= 11 is 0. The zero-order valence-electron chi connectivity index (χ0n) is 17.9. The van der Waals surface area contributed by atoms with Crippen LogP contribution in [0.2, 0.25) is 0 Å². The van der Waals surface area contributed by atoms with Crippen molar-refractivity contribution < 1.29 is 52.7 Å². The zero-order chi connectivity index (χ0) is 26.6. The third kappa shape index (κ3) is 5.11. The SMILES string of the molecule is Cc1c(C(F)(F)F)cc(-c2ccc(C3CCC(C(F)(F)F)(C(F)(F)F)CC3)cc2)cc1C(F)(F)F. The van der Waals surface area contributed by atoms with Gasteiger partial charge < -0.3 is 0 Å². The highest BCUT2D eigenvalue weighted by molar-refractivity contribution is 5.67. The Hall–Kier alpha value is -2.40. The van der Waals surface area contributed by atoms with E-state index in [4.69, 9.17) is 0 Å². The van der Waals surface area contributed by atoms with Gasteiger partial charge in [-0.15, -0.1) is 0 Å². The summed E-state index contributed by atoms with van der Waals surface area (Å²) in [6, 6.07) is 6.15. The van der Waals surface area contributed by atoms with Crippen molar-refractivity contribution in [1.29, 1.82) is 0 Å². The maximum atomic E-state index is 13.3. The molecule has 12 heteroatoms. The van der Waals surface area contributed by atoms with Crippen molar-refractivity contribution in [3.63, 3.8) is 0 Å². The highest BCUT2D eigenvalue weighted by Crippen LogP contribution is 2.60. The summed E-state index contributed by atoms with van der Waals surface area (Å²) in [6.45, 7) is 0.712. The highest BCUT2D eigenvalue weighted by Gasteiger charge is 2.70. The molecule has 35 heavy (non-hydrogen) atoms. The number of halogens is 12. The van der Waals surface area contributed by atoms with Crippen molar-refractivity contribution in [3.8, 4) is 11.1 Å². The second kappa shape index (κ2) is 8.62. The summed E-state index contributed by atoms with van der Waals surface area (Å²) in [4.78, 5) is 0. The molecule has 194 valence electrons. The van der Waals surface area contributed by atoms with Crippen LogP contribution in [-0.2, 0) is 12.4 Å². The lowest BCUT2D eigenvalue weighted by Gasteiger charge is -2.42. The topological polar surface area (TPSA) is 0 Å². The first-order valence-corrected chi connectivity index (χ1v) is 10.3. The average molecular weight is 522 g/mol. The van der Waals surface area contributed by atoms with Crippen LogP contribution in [0.5, 0.6) is 0 Å². The second-order valence-electron chi connectivity index (χ2n) is 8.67. The Morgan fingerprint density at radius 2 is 1.03 bits per heavy atom. The Kier molecular flexibility index (Phi) is 6.69. The predicted octanol–water partition coefficient (Wildman–Crippen LogP) is 9.47. The number of hydrogen-bond acceptors (Lipinski definition) is 0. The van der Waals surface area contributed by atoms with Crippen LogP contribution in [0.15, 0.2) is 36.4 Å². The minimum Gasteiger partial charge on any atom is -0.170 e. The fourth-order valence-electron chi connectivity index (χ4n) is 4.59. The molecule has 1 aliphatic rings. The van der Waals surface area contributed by atoms with Crippen molar-refractivity contribution in [1.82, 2.24) is 0 Å². The van der Waals surface area contributed by atoms with E-state index in [1.165, 1.54) is 24.3 Å². The van der Waals surface area contributed by atoms with Gasteiger partial charge in [-0.25, -0.2) is 0 Å². The van der Waals surface area contributed by atoms with Gasteiger partial charge in [-0.3, -0.25) is 0 Å². The van der Waals surface area contributed by atoms with Gasteiger partial charge in [0.05, 0.1) is 11.1 Å². The Morgan fingerprint density at radius 1 is 0.629 bits per heavy atom. The van der Waals surface area contributed by atoms with Crippen molar-refractivity contribution in [2.45, 2.75) is 63.2 Å². The van der Waals surface area contributed by atoms with E-state index < -0.39 is 78.4 Å². The predicted molar refractivity (Wildman–Crippen MR) is 102 cm³/mol. The molecule has 1 fully saturated rings. The van der Waals surface area contributed by atoms with Gasteiger partial charge in [0, 0.05) is 0 Å².